The van der Waals surface area contributed by atoms with Crippen molar-refractivity contribution in [3.05, 3.63) is 18.1 Å². The maximum absolute atomic E-state index is 11.8. The lowest BCUT2D eigenvalue weighted by Crippen LogP contribution is -2.31. The van der Waals surface area contributed by atoms with E-state index in [1.54, 1.807) is 6.20 Å². The van der Waals surface area contributed by atoms with E-state index in [0.29, 0.717) is 18.1 Å². The Labute approximate surface area is 125 Å². The van der Waals surface area contributed by atoms with Gasteiger partial charge in [0, 0.05) is 26.2 Å². The van der Waals surface area contributed by atoms with Crippen LogP contribution < -0.4 is 10.6 Å². The van der Waals surface area contributed by atoms with Crippen molar-refractivity contribution >= 4 is 11.7 Å². The van der Waals surface area contributed by atoms with E-state index in [4.69, 9.17) is 4.74 Å². The number of carbonyl (C=O) groups excluding carboxylic acids is 1. The quantitative estimate of drug-likeness (QED) is 0.755. The third-order valence-corrected chi connectivity index (χ3v) is 3.26. The summed E-state index contributed by atoms with van der Waals surface area (Å²) in [7, 11) is 3.92. The van der Waals surface area contributed by atoms with Crippen molar-refractivity contribution < 1.29 is 9.53 Å². The van der Waals surface area contributed by atoms with E-state index in [9.17, 15) is 4.79 Å². The molecule has 1 aromatic rings. The molecule has 21 heavy (non-hydrogen) atoms. The van der Waals surface area contributed by atoms with E-state index < -0.39 is 0 Å². The maximum Gasteiger partial charge on any atom is 0.271 e. The van der Waals surface area contributed by atoms with Crippen LogP contribution in [0.2, 0.25) is 0 Å². The molecule has 7 heteroatoms. The molecule has 0 saturated carbocycles. The van der Waals surface area contributed by atoms with Crippen molar-refractivity contribution in [2.75, 3.05) is 45.7 Å². The second-order valence-corrected chi connectivity index (χ2v) is 5.36. The molecule has 1 aliphatic heterocycles. The number of carbonyl (C=O) groups is 1. The van der Waals surface area contributed by atoms with Gasteiger partial charge in [-0.2, -0.15) is 0 Å². The van der Waals surface area contributed by atoms with Crippen molar-refractivity contribution in [1.82, 2.24) is 20.2 Å². The zero-order valence-electron chi connectivity index (χ0n) is 12.6. The molecule has 1 fully saturated rings. The summed E-state index contributed by atoms with van der Waals surface area (Å²) in [5, 5.41) is 5.98. The SMILES string of the molecule is CN(C)CCNC(=O)c1cnc(NCC2CCCO2)cn1. The van der Waals surface area contributed by atoms with Crippen LogP contribution >= 0.6 is 0 Å². The van der Waals surface area contributed by atoms with E-state index in [1.807, 2.05) is 19.0 Å². The van der Waals surface area contributed by atoms with Crippen molar-refractivity contribution in [2.45, 2.75) is 18.9 Å². The average molecular weight is 293 g/mol. The summed E-state index contributed by atoms with van der Waals surface area (Å²) in [5.74, 6) is 0.463. The molecule has 2 heterocycles. The minimum absolute atomic E-state index is 0.199. The second-order valence-electron chi connectivity index (χ2n) is 5.36. The molecule has 1 unspecified atom stereocenters. The molecule has 7 nitrogen and oxygen atoms in total. The Bertz CT molecular complexity index is 443. The van der Waals surface area contributed by atoms with Gasteiger partial charge in [-0.25, -0.2) is 9.97 Å². The molecule has 0 spiro atoms. The smallest absolute Gasteiger partial charge is 0.271 e. The van der Waals surface area contributed by atoms with Crippen LogP contribution in [0.1, 0.15) is 23.3 Å². The normalized spacial score (nSPS) is 18.0. The highest BCUT2D eigenvalue weighted by Gasteiger charge is 2.15. The van der Waals surface area contributed by atoms with E-state index in [1.165, 1.54) is 6.20 Å². The lowest BCUT2D eigenvalue weighted by atomic mass is 10.2. The summed E-state index contributed by atoms with van der Waals surface area (Å²) < 4.78 is 5.52. The number of rotatable bonds is 7. The molecule has 1 atom stereocenters. The number of anilines is 1. The van der Waals surface area contributed by atoms with Gasteiger partial charge in [-0.1, -0.05) is 0 Å². The van der Waals surface area contributed by atoms with E-state index in [0.717, 1.165) is 32.5 Å². The largest absolute Gasteiger partial charge is 0.376 e. The van der Waals surface area contributed by atoms with Crippen LogP contribution in [-0.4, -0.2) is 67.2 Å². The van der Waals surface area contributed by atoms with Gasteiger partial charge < -0.3 is 20.3 Å². The van der Waals surface area contributed by atoms with Gasteiger partial charge in [0.05, 0.1) is 18.5 Å². The molecule has 1 amide bonds. The second kappa shape index (κ2) is 7.90. The van der Waals surface area contributed by atoms with Crippen LogP contribution in [0.5, 0.6) is 0 Å². The van der Waals surface area contributed by atoms with Crippen LogP contribution in [-0.2, 0) is 4.74 Å². The van der Waals surface area contributed by atoms with E-state index >= 15 is 0 Å². The topological polar surface area (TPSA) is 79.4 Å². The highest BCUT2D eigenvalue weighted by molar-refractivity contribution is 5.91. The minimum Gasteiger partial charge on any atom is -0.376 e. The molecule has 116 valence electrons. The number of hydrogen-bond acceptors (Lipinski definition) is 6. The summed E-state index contributed by atoms with van der Waals surface area (Å²) in [6.45, 7) is 2.94. The summed E-state index contributed by atoms with van der Waals surface area (Å²) in [6.07, 6.45) is 5.51. The van der Waals surface area contributed by atoms with Gasteiger partial charge >= 0.3 is 0 Å². The molecular formula is C14H23N5O2. The molecule has 0 radical (unpaired) electrons. The van der Waals surface area contributed by atoms with Gasteiger partial charge in [0.15, 0.2) is 0 Å². The Balaban J connectivity index is 1.76. The molecule has 2 N–H and O–H groups in total. The molecule has 0 bridgehead atoms. The average Bonchev–Trinajstić information content (AvgIpc) is 2.98. The predicted molar refractivity (Wildman–Crippen MR) is 80.4 cm³/mol. The molecule has 2 rings (SSSR count). The first-order valence-electron chi connectivity index (χ1n) is 7.25. The third kappa shape index (κ3) is 5.28. The van der Waals surface area contributed by atoms with Crippen LogP contribution in [0.25, 0.3) is 0 Å². The molecular weight excluding hydrogens is 270 g/mol. The standard InChI is InChI=1S/C14H23N5O2/c1-19(2)6-5-15-14(20)12-9-18-13(10-16-12)17-8-11-4-3-7-21-11/h9-11H,3-8H2,1-2H3,(H,15,20)(H,17,18). The zero-order chi connectivity index (χ0) is 15.1. The number of amides is 1. The van der Waals surface area contributed by atoms with Crippen LogP contribution in [0.15, 0.2) is 12.4 Å². The van der Waals surface area contributed by atoms with Crippen molar-refractivity contribution in [2.24, 2.45) is 0 Å². The maximum atomic E-state index is 11.8. The summed E-state index contributed by atoms with van der Waals surface area (Å²) >= 11 is 0. The first kappa shape index (κ1) is 15.7. The van der Waals surface area contributed by atoms with E-state index in [-0.39, 0.29) is 12.0 Å². The summed E-state index contributed by atoms with van der Waals surface area (Å²) in [5.41, 5.74) is 0.330. The number of aromatic nitrogens is 2. The third-order valence-electron chi connectivity index (χ3n) is 3.26. The first-order chi connectivity index (χ1) is 10.1. The monoisotopic (exact) mass is 293 g/mol. The Morgan fingerprint density at radius 1 is 1.43 bits per heavy atom. The number of hydrogen-bond donors (Lipinski definition) is 2. The fourth-order valence-corrected chi connectivity index (χ4v) is 2.04. The number of nitrogens with one attached hydrogen (secondary N) is 2. The Hall–Kier alpha value is -1.73. The van der Waals surface area contributed by atoms with Gasteiger partial charge in [-0.3, -0.25) is 4.79 Å². The molecule has 1 saturated heterocycles. The first-order valence-corrected chi connectivity index (χ1v) is 7.25. The number of nitrogens with zero attached hydrogens (tertiary/aromatic N) is 3. The number of ether oxygens (including phenoxy) is 1. The fourth-order valence-electron chi connectivity index (χ4n) is 2.04. The van der Waals surface area contributed by atoms with Crippen molar-refractivity contribution in [1.29, 1.82) is 0 Å². The predicted octanol–water partition coefficient (Wildman–Crippen LogP) is 0.359. The zero-order valence-corrected chi connectivity index (χ0v) is 12.6. The van der Waals surface area contributed by atoms with Gasteiger partial charge in [-0.15, -0.1) is 0 Å². The molecule has 0 aromatic carbocycles. The van der Waals surface area contributed by atoms with Crippen molar-refractivity contribution in [3.63, 3.8) is 0 Å². The van der Waals surface area contributed by atoms with Gasteiger partial charge in [-0.05, 0) is 26.9 Å². The summed E-state index contributed by atoms with van der Waals surface area (Å²) in [6, 6.07) is 0. The van der Waals surface area contributed by atoms with Gasteiger partial charge in [0.25, 0.3) is 5.91 Å². The Kier molecular flexibility index (Phi) is 5.89. The van der Waals surface area contributed by atoms with Crippen LogP contribution in [0.3, 0.4) is 0 Å². The van der Waals surface area contributed by atoms with Crippen molar-refractivity contribution in [3.8, 4) is 0 Å². The number of likely N-dealkylation sites (N-methyl/N-ethyl adjacent to an activating group) is 1. The summed E-state index contributed by atoms with van der Waals surface area (Å²) in [4.78, 5) is 22.2. The lowest BCUT2D eigenvalue weighted by Gasteiger charge is -2.11. The molecule has 0 aliphatic carbocycles. The van der Waals surface area contributed by atoms with E-state index in [2.05, 4.69) is 20.6 Å². The Morgan fingerprint density at radius 3 is 2.90 bits per heavy atom. The lowest BCUT2D eigenvalue weighted by molar-refractivity contribution is 0.0945. The highest BCUT2D eigenvalue weighted by Crippen LogP contribution is 2.12. The van der Waals surface area contributed by atoms with Crippen LogP contribution in [0, 0.1) is 0 Å². The Morgan fingerprint density at radius 2 is 2.29 bits per heavy atom. The van der Waals surface area contributed by atoms with Crippen LogP contribution in [0.4, 0.5) is 5.82 Å². The molecule has 1 aromatic heterocycles. The molecule has 1 aliphatic rings. The van der Waals surface area contributed by atoms with Gasteiger partial charge in [0.1, 0.15) is 11.5 Å². The van der Waals surface area contributed by atoms with Gasteiger partial charge in [0.2, 0.25) is 0 Å². The minimum atomic E-state index is -0.199. The fraction of sp³-hybridized carbons (Fsp3) is 0.643. The highest BCUT2D eigenvalue weighted by atomic mass is 16.5.